The summed E-state index contributed by atoms with van der Waals surface area (Å²) in [5.41, 5.74) is 3.11. The van der Waals surface area contributed by atoms with E-state index in [9.17, 15) is 9.59 Å². The van der Waals surface area contributed by atoms with Crippen molar-refractivity contribution in [3.63, 3.8) is 0 Å². The van der Waals surface area contributed by atoms with Crippen LogP contribution < -0.4 is 10.9 Å². The molecular weight excluding hydrogens is 362 g/mol. The molecule has 4 aromatic rings. The molecule has 0 fully saturated rings. The zero-order valence-corrected chi connectivity index (χ0v) is 15.2. The Balaban J connectivity index is 1.61. The largest absolute Gasteiger partial charge is 0.324 e. The maximum Gasteiger partial charge on any atom is 0.253 e. The number of aromatic nitrogens is 4. The zero-order valence-electron chi connectivity index (χ0n) is 14.4. The number of rotatable bonds is 4. The van der Waals surface area contributed by atoms with Gasteiger partial charge in [0.15, 0.2) is 0 Å². The Morgan fingerprint density at radius 2 is 2.07 bits per heavy atom. The van der Waals surface area contributed by atoms with Crippen LogP contribution >= 0.6 is 11.3 Å². The summed E-state index contributed by atoms with van der Waals surface area (Å²) < 4.78 is 1.26. The third kappa shape index (κ3) is 3.47. The van der Waals surface area contributed by atoms with Crippen LogP contribution in [0.4, 0.5) is 5.69 Å². The Labute approximate surface area is 158 Å². The Hall–Kier alpha value is -3.39. The fourth-order valence-electron chi connectivity index (χ4n) is 2.73. The first-order valence-corrected chi connectivity index (χ1v) is 9.05. The van der Waals surface area contributed by atoms with Crippen LogP contribution in [0, 0.1) is 6.92 Å². The lowest BCUT2D eigenvalue weighted by atomic mass is 10.1. The molecule has 4 rings (SSSR count). The average molecular weight is 377 g/mol. The number of nitrogens with zero attached hydrogens (tertiary/aromatic N) is 4. The van der Waals surface area contributed by atoms with Gasteiger partial charge in [-0.1, -0.05) is 23.5 Å². The van der Waals surface area contributed by atoms with E-state index in [1.165, 1.54) is 34.5 Å². The van der Waals surface area contributed by atoms with Crippen molar-refractivity contribution in [3.05, 3.63) is 71.0 Å². The highest BCUT2D eigenvalue weighted by Gasteiger charge is 2.13. The molecule has 7 nitrogen and oxygen atoms in total. The number of pyridine rings is 1. The molecule has 0 aliphatic rings. The topological polar surface area (TPSA) is 89.8 Å². The van der Waals surface area contributed by atoms with Gasteiger partial charge in [0, 0.05) is 29.7 Å². The number of fused-ring (bicyclic) bond motifs is 1. The molecule has 27 heavy (non-hydrogen) atoms. The van der Waals surface area contributed by atoms with E-state index < -0.39 is 0 Å². The summed E-state index contributed by atoms with van der Waals surface area (Å²) in [6.07, 6.45) is 4.49. The summed E-state index contributed by atoms with van der Waals surface area (Å²) in [6.45, 7) is 1.84. The van der Waals surface area contributed by atoms with Gasteiger partial charge < -0.3 is 5.32 Å². The first-order valence-electron chi connectivity index (χ1n) is 8.23. The molecule has 0 aliphatic heterocycles. The van der Waals surface area contributed by atoms with Gasteiger partial charge in [0.1, 0.15) is 21.9 Å². The minimum absolute atomic E-state index is 0.0958. The van der Waals surface area contributed by atoms with E-state index in [-0.39, 0.29) is 18.0 Å². The molecule has 0 radical (unpaired) electrons. The molecule has 0 bridgehead atoms. The molecule has 3 aromatic heterocycles. The zero-order chi connectivity index (χ0) is 18.8. The number of anilines is 1. The van der Waals surface area contributed by atoms with Gasteiger partial charge in [-0.25, -0.2) is 15.0 Å². The normalized spacial score (nSPS) is 10.9. The molecule has 0 spiro atoms. The summed E-state index contributed by atoms with van der Waals surface area (Å²) in [4.78, 5) is 37.8. The summed E-state index contributed by atoms with van der Waals surface area (Å²) >= 11 is 1.51. The SMILES string of the molecule is Cc1c(NC(=O)Cn2cnccc2=O)cccc1-c1nc2cccnc2s1. The second kappa shape index (κ2) is 7.08. The highest BCUT2D eigenvalue weighted by atomic mass is 32.1. The number of benzene rings is 1. The molecule has 1 amide bonds. The van der Waals surface area contributed by atoms with Gasteiger partial charge in [-0.05, 0) is 30.7 Å². The number of hydrogen-bond acceptors (Lipinski definition) is 6. The van der Waals surface area contributed by atoms with E-state index in [0.717, 1.165) is 26.5 Å². The van der Waals surface area contributed by atoms with Crippen molar-refractivity contribution < 1.29 is 4.79 Å². The van der Waals surface area contributed by atoms with Crippen LogP contribution in [-0.4, -0.2) is 25.4 Å². The first-order chi connectivity index (χ1) is 13.1. The van der Waals surface area contributed by atoms with Crippen LogP contribution in [0.1, 0.15) is 5.56 Å². The summed E-state index contributed by atoms with van der Waals surface area (Å²) in [5.74, 6) is -0.295. The monoisotopic (exact) mass is 377 g/mol. The van der Waals surface area contributed by atoms with E-state index in [1.54, 1.807) is 6.20 Å². The number of nitrogens with one attached hydrogen (secondary N) is 1. The molecule has 3 heterocycles. The summed E-state index contributed by atoms with van der Waals surface area (Å²) in [6, 6.07) is 10.8. The smallest absolute Gasteiger partial charge is 0.253 e. The molecule has 134 valence electrons. The standard InChI is InChI=1S/C19H15N5O2S/c1-12-13(18-23-15-6-3-8-21-19(15)27-18)4-2-5-14(12)22-16(25)10-24-11-20-9-7-17(24)26/h2-9,11H,10H2,1H3,(H,22,25). The average Bonchev–Trinajstić information content (AvgIpc) is 3.09. The summed E-state index contributed by atoms with van der Waals surface area (Å²) in [5, 5.41) is 3.71. The van der Waals surface area contributed by atoms with Gasteiger partial charge in [-0.15, -0.1) is 0 Å². The second-order valence-corrected chi connectivity index (χ2v) is 6.90. The van der Waals surface area contributed by atoms with Crippen molar-refractivity contribution in [3.8, 4) is 10.6 Å². The molecule has 1 aromatic carbocycles. The van der Waals surface area contributed by atoms with E-state index in [4.69, 9.17) is 0 Å². The molecule has 1 N–H and O–H groups in total. The van der Waals surface area contributed by atoms with Crippen LogP contribution in [0.2, 0.25) is 0 Å². The lowest BCUT2D eigenvalue weighted by molar-refractivity contribution is -0.116. The minimum Gasteiger partial charge on any atom is -0.324 e. The molecule has 0 saturated heterocycles. The Morgan fingerprint density at radius 3 is 2.89 bits per heavy atom. The van der Waals surface area contributed by atoms with Gasteiger partial charge in [-0.2, -0.15) is 0 Å². The lowest BCUT2D eigenvalue weighted by Gasteiger charge is -2.11. The summed E-state index contributed by atoms with van der Waals surface area (Å²) in [7, 11) is 0. The number of thiazole rings is 1. The van der Waals surface area contributed by atoms with Crippen LogP contribution in [0.3, 0.4) is 0 Å². The predicted octanol–water partition coefficient (Wildman–Crippen LogP) is 2.86. The number of carbonyl (C=O) groups is 1. The van der Waals surface area contributed by atoms with E-state index in [0.29, 0.717) is 5.69 Å². The number of hydrogen-bond donors (Lipinski definition) is 1. The van der Waals surface area contributed by atoms with Gasteiger partial charge in [0.2, 0.25) is 5.91 Å². The van der Waals surface area contributed by atoms with E-state index in [1.807, 2.05) is 37.3 Å². The van der Waals surface area contributed by atoms with Gasteiger partial charge >= 0.3 is 0 Å². The third-order valence-electron chi connectivity index (χ3n) is 4.11. The van der Waals surface area contributed by atoms with Crippen molar-refractivity contribution in [1.29, 1.82) is 0 Å². The maximum atomic E-state index is 12.4. The number of carbonyl (C=O) groups excluding carboxylic acids is 1. The highest BCUT2D eigenvalue weighted by Crippen LogP contribution is 2.33. The molecule has 8 heteroatoms. The quantitative estimate of drug-likeness (QED) is 0.591. The van der Waals surface area contributed by atoms with Crippen LogP contribution in [-0.2, 0) is 11.3 Å². The van der Waals surface area contributed by atoms with Crippen LogP contribution in [0.25, 0.3) is 20.9 Å². The molecular formula is C19H15N5O2S. The van der Waals surface area contributed by atoms with E-state index >= 15 is 0 Å². The maximum absolute atomic E-state index is 12.4. The second-order valence-electron chi connectivity index (χ2n) is 5.92. The number of amides is 1. The van der Waals surface area contributed by atoms with Crippen molar-refractivity contribution in [2.75, 3.05) is 5.32 Å². The van der Waals surface area contributed by atoms with Gasteiger partial charge in [0.05, 0.1) is 6.33 Å². The third-order valence-corrected chi connectivity index (χ3v) is 5.12. The fourth-order valence-corrected chi connectivity index (χ4v) is 3.72. The Morgan fingerprint density at radius 1 is 1.19 bits per heavy atom. The molecule has 0 unspecified atom stereocenters. The lowest BCUT2D eigenvalue weighted by Crippen LogP contribution is -2.27. The minimum atomic E-state index is -0.295. The van der Waals surface area contributed by atoms with Gasteiger partial charge in [-0.3, -0.25) is 14.2 Å². The van der Waals surface area contributed by atoms with Crippen LogP contribution in [0.15, 0.2) is 59.9 Å². The van der Waals surface area contributed by atoms with Crippen molar-refractivity contribution in [1.82, 2.24) is 19.5 Å². The highest BCUT2D eigenvalue weighted by molar-refractivity contribution is 7.21. The van der Waals surface area contributed by atoms with Crippen LogP contribution in [0.5, 0.6) is 0 Å². The first kappa shape index (κ1) is 17.0. The van der Waals surface area contributed by atoms with E-state index in [2.05, 4.69) is 20.3 Å². The molecule has 0 aliphatic carbocycles. The Kier molecular flexibility index (Phi) is 4.47. The molecule has 0 atom stereocenters. The fraction of sp³-hybridized carbons (Fsp3) is 0.105. The predicted molar refractivity (Wildman–Crippen MR) is 105 cm³/mol. The van der Waals surface area contributed by atoms with Crippen molar-refractivity contribution in [2.45, 2.75) is 13.5 Å². The Bertz CT molecular complexity index is 1160. The van der Waals surface area contributed by atoms with Crippen molar-refractivity contribution in [2.24, 2.45) is 0 Å². The van der Waals surface area contributed by atoms with Gasteiger partial charge in [0.25, 0.3) is 5.56 Å². The molecule has 0 saturated carbocycles. The van der Waals surface area contributed by atoms with Crippen molar-refractivity contribution >= 4 is 33.3 Å².